The van der Waals surface area contributed by atoms with Gasteiger partial charge in [0, 0.05) is 24.6 Å². The van der Waals surface area contributed by atoms with Crippen LogP contribution >= 0.6 is 0 Å². The maximum Gasteiger partial charge on any atom is 0.245 e. The van der Waals surface area contributed by atoms with Crippen LogP contribution in [0.3, 0.4) is 0 Å². The molecule has 2 atom stereocenters. The Morgan fingerprint density at radius 1 is 1.19 bits per heavy atom. The number of hydroxylamine groups is 2. The van der Waals surface area contributed by atoms with E-state index in [0.717, 1.165) is 12.8 Å². The van der Waals surface area contributed by atoms with E-state index in [-0.39, 0.29) is 36.5 Å². The summed E-state index contributed by atoms with van der Waals surface area (Å²) in [4.78, 5) is 52.1. The number of hydrogen-bond donors (Lipinski definition) is 2. The predicted molar refractivity (Wildman–Crippen MR) is 136 cm³/mol. The van der Waals surface area contributed by atoms with Gasteiger partial charge in [-0.3, -0.25) is 24.4 Å². The summed E-state index contributed by atoms with van der Waals surface area (Å²) >= 11 is 0. The highest BCUT2D eigenvalue weighted by Gasteiger charge is 2.39. The minimum absolute atomic E-state index is 0.0629. The Labute approximate surface area is 214 Å². The monoisotopic (exact) mass is 503 g/mol. The lowest BCUT2D eigenvalue weighted by Gasteiger charge is -2.38. The summed E-state index contributed by atoms with van der Waals surface area (Å²) in [7, 11) is 1.58. The van der Waals surface area contributed by atoms with Crippen molar-refractivity contribution in [1.82, 2.24) is 15.3 Å². The number of unbranched alkanes of at least 4 members (excludes halogenated alkanes) is 1. The van der Waals surface area contributed by atoms with Crippen molar-refractivity contribution in [3.8, 4) is 5.75 Å². The smallest absolute Gasteiger partial charge is 0.245 e. The molecule has 1 aliphatic heterocycles. The lowest BCUT2D eigenvalue weighted by molar-refractivity contribution is -0.155. The van der Waals surface area contributed by atoms with E-state index in [2.05, 4.69) is 5.32 Å². The molecule has 9 heteroatoms. The molecule has 1 aromatic rings. The predicted octanol–water partition coefficient (Wildman–Crippen LogP) is 3.30. The van der Waals surface area contributed by atoms with Crippen LogP contribution in [0.25, 0.3) is 0 Å². The number of nitrogens with zero attached hydrogens (tertiary/aromatic N) is 2. The summed E-state index contributed by atoms with van der Waals surface area (Å²) < 4.78 is 5.15. The maximum absolute atomic E-state index is 13.5. The number of nitrogens with one attached hydrogen (secondary N) is 1. The number of ketones is 1. The van der Waals surface area contributed by atoms with E-state index in [1.165, 1.54) is 0 Å². The minimum Gasteiger partial charge on any atom is -0.497 e. The second kappa shape index (κ2) is 13.4. The first kappa shape index (κ1) is 29.3. The van der Waals surface area contributed by atoms with E-state index in [9.17, 15) is 24.4 Å². The fraction of sp³-hybridized carbons (Fsp3) is 0.630. The second-order valence-corrected chi connectivity index (χ2v) is 10.6. The molecule has 2 rings (SSSR count). The van der Waals surface area contributed by atoms with Crippen LogP contribution in [0.1, 0.15) is 70.2 Å². The maximum atomic E-state index is 13.5. The number of Topliss-reactive ketones (excluding diaryl/α,β-unsaturated/α-hetero) is 1. The van der Waals surface area contributed by atoms with Gasteiger partial charge in [0.2, 0.25) is 18.2 Å². The zero-order chi connectivity index (χ0) is 26.9. The molecule has 36 heavy (non-hydrogen) atoms. The molecule has 3 amide bonds. The Morgan fingerprint density at radius 2 is 1.81 bits per heavy atom. The van der Waals surface area contributed by atoms with Crippen molar-refractivity contribution in [2.24, 2.45) is 17.3 Å². The number of methoxy groups -OCH3 is 1. The largest absolute Gasteiger partial charge is 0.497 e. The van der Waals surface area contributed by atoms with E-state index in [0.29, 0.717) is 48.7 Å². The molecule has 1 heterocycles. The highest BCUT2D eigenvalue weighted by atomic mass is 16.5. The third-order valence-corrected chi connectivity index (χ3v) is 6.76. The zero-order valence-electron chi connectivity index (χ0n) is 22.2. The van der Waals surface area contributed by atoms with Crippen LogP contribution in [0, 0.1) is 17.3 Å². The third kappa shape index (κ3) is 8.05. The summed E-state index contributed by atoms with van der Waals surface area (Å²) in [6.45, 7) is 8.41. The van der Waals surface area contributed by atoms with Gasteiger partial charge in [-0.2, -0.15) is 0 Å². The van der Waals surface area contributed by atoms with Crippen LogP contribution in [0.4, 0.5) is 0 Å². The number of piperidine rings is 1. The first-order chi connectivity index (χ1) is 17.0. The van der Waals surface area contributed by atoms with Gasteiger partial charge in [0.1, 0.15) is 11.8 Å². The number of carbonyl (C=O) groups excluding carboxylic acids is 4. The van der Waals surface area contributed by atoms with Gasteiger partial charge in [-0.25, -0.2) is 5.06 Å². The van der Waals surface area contributed by atoms with E-state index in [1.807, 2.05) is 27.7 Å². The third-order valence-electron chi connectivity index (χ3n) is 6.76. The van der Waals surface area contributed by atoms with Crippen LogP contribution in [0.5, 0.6) is 5.75 Å². The van der Waals surface area contributed by atoms with Gasteiger partial charge in [-0.1, -0.05) is 40.5 Å². The molecule has 0 saturated carbocycles. The number of carbonyl (C=O) groups is 4. The number of amides is 3. The fourth-order valence-corrected chi connectivity index (χ4v) is 4.47. The van der Waals surface area contributed by atoms with Crippen LogP contribution in [-0.2, 0) is 14.4 Å². The molecule has 0 aliphatic carbocycles. The van der Waals surface area contributed by atoms with Gasteiger partial charge in [-0.15, -0.1) is 0 Å². The summed E-state index contributed by atoms with van der Waals surface area (Å²) in [5.41, 5.74) is 0.0771. The van der Waals surface area contributed by atoms with Crippen LogP contribution in [0.2, 0.25) is 0 Å². The number of benzene rings is 1. The molecule has 0 bridgehead atoms. The highest BCUT2D eigenvalue weighted by Crippen LogP contribution is 2.27. The van der Waals surface area contributed by atoms with Gasteiger partial charge in [0.15, 0.2) is 5.78 Å². The highest BCUT2D eigenvalue weighted by molar-refractivity contribution is 5.98. The molecular weight excluding hydrogens is 462 g/mol. The lowest BCUT2D eigenvalue weighted by Crippen LogP contribution is -2.57. The van der Waals surface area contributed by atoms with Crippen molar-refractivity contribution in [1.29, 1.82) is 0 Å². The second-order valence-electron chi connectivity index (χ2n) is 10.6. The van der Waals surface area contributed by atoms with E-state index in [1.54, 1.807) is 36.3 Å². The van der Waals surface area contributed by atoms with Crippen LogP contribution in [-0.4, -0.2) is 72.0 Å². The summed E-state index contributed by atoms with van der Waals surface area (Å²) in [6, 6.07) is 6.28. The summed E-state index contributed by atoms with van der Waals surface area (Å²) in [6.07, 6.45) is 3.50. The Hall–Kier alpha value is -2.94. The van der Waals surface area contributed by atoms with Gasteiger partial charge < -0.3 is 15.0 Å². The topological polar surface area (TPSA) is 116 Å². The quantitative estimate of drug-likeness (QED) is 0.196. The fourth-order valence-electron chi connectivity index (χ4n) is 4.47. The molecule has 1 aromatic carbocycles. The van der Waals surface area contributed by atoms with Crippen molar-refractivity contribution in [2.45, 2.75) is 65.8 Å². The van der Waals surface area contributed by atoms with Gasteiger partial charge in [-0.05, 0) is 48.9 Å². The summed E-state index contributed by atoms with van der Waals surface area (Å²) in [5.74, 6) is -0.572. The molecule has 200 valence electrons. The molecule has 0 radical (unpaired) electrons. The molecule has 1 aliphatic rings. The number of hydrogen-bond acceptors (Lipinski definition) is 6. The van der Waals surface area contributed by atoms with Crippen LogP contribution in [0.15, 0.2) is 24.3 Å². The lowest BCUT2D eigenvalue weighted by atomic mass is 9.83. The van der Waals surface area contributed by atoms with Crippen molar-refractivity contribution < 1.29 is 29.1 Å². The number of rotatable bonds is 12. The Morgan fingerprint density at radius 3 is 2.31 bits per heavy atom. The Balaban J connectivity index is 2.05. The standard InChI is InChI=1S/C27H41N3O6/c1-6-7-8-21(17-30(35)18-31)25(33)28-24(27(2,3)4)26(34)29-15-13-20(14-16-29)23(32)19-9-11-22(36-5)12-10-19/h9-12,18,20-21,24,35H,6-8,13-17H2,1-5H3,(H,28,33)/t21-,24-/m1/s1. The average Bonchev–Trinajstić information content (AvgIpc) is 2.87. The van der Waals surface area contributed by atoms with E-state index < -0.39 is 17.4 Å². The Kier molecular flexibility index (Phi) is 10.9. The van der Waals surface area contributed by atoms with Crippen molar-refractivity contribution in [3.05, 3.63) is 29.8 Å². The molecule has 0 unspecified atom stereocenters. The van der Waals surface area contributed by atoms with Crippen molar-refractivity contribution in [3.63, 3.8) is 0 Å². The molecule has 9 nitrogen and oxygen atoms in total. The Bertz CT molecular complexity index is 888. The molecule has 1 fully saturated rings. The molecule has 2 N–H and O–H groups in total. The molecule has 0 aromatic heterocycles. The minimum atomic E-state index is -0.772. The number of likely N-dealkylation sites (tertiary alicyclic amines) is 1. The van der Waals surface area contributed by atoms with Gasteiger partial charge >= 0.3 is 0 Å². The average molecular weight is 504 g/mol. The SMILES string of the molecule is CCCC[C@H](CN(O)C=O)C(=O)N[C@H](C(=O)N1CCC(C(=O)c2ccc(OC)cc2)CC1)C(C)(C)C. The molecule has 1 saturated heterocycles. The van der Waals surface area contributed by atoms with Crippen LogP contribution < -0.4 is 10.1 Å². The zero-order valence-corrected chi connectivity index (χ0v) is 22.2. The van der Waals surface area contributed by atoms with Crippen molar-refractivity contribution >= 4 is 24.0 Å². The van der Waals surface area contributed by atoms with Crippen molar-refractivity contribution in [2.75, 3.05) is 26.7 Å². The molecule has 0 spiro atoms. The molecular formula is C27H41N3O6. The first-order valence-corrected chi connectivity index (χ1v) is 12.7. The first-order valence-electron chi connectivity index (χ1n) is 12.7. The normalized spacial score (nSPS) is 16.1. The van der Waals surface area contributed by atoms with E-state index in [4.69, 9.17) is 4.74 Å². The number of ether oxygens (including phenoxy) is 1. The summed E-state index contributed by atoms with van der Waals surface area (Å²) in [5, 5.41) is 13.0. The van der Waals surface area contributed by atoms with Gasteiger partial charge in [0.25, 0.3) is 0 Å². The van der Waals surface area contributed by atoms with Gasteiger partial charge in [0.05, 0.1) is 19.6 Å². The van der Waals surface area contributed by atoms with E-state index >= 15 is 0 Å².